The summed E-state index contributed by atoms with van der Waals surface area (Å²) in [6.07, 6.45) is 5.59. The molecule has 0 aliphatic carbocycles. The molecule has 0 aliphatic rings. The SMILES string of the molecule is NC(=O)CCCCCCn1cc(O)cc1O. The minimum absolute atomic E-state index is 0.0752. The number of aromatic hydroxyl groups is 2. The van der Waals surface area contributed by atoms with E-state index >= 15 is 0 Å². The lowest BCUT2D eigenvalue weighted by Crippen LogP contribution is -2.09. The van der Waals surface area contributed by atoms with Crippen LogP contribution in [0.15, 0.2) is 12.3 Å². The van der Waals surface area contributed by atoms with Crippen LogP contribution in [0.4, 0.5) is 0 Å². The van der Waals surface area contributed by atoms with Crippen molar-refractivity contribution in [1.29, 1.82) is 0 Å². The van der Waals surface area contributed by atoms with Gasteiger partial charge in [0.1, 0.15) is 5.75 Å². The Balaban J connectivity index is 2.11. The molecule has 1 heterocycles. The quantitative estimate of drug-likeness (QED) is 0.613. The van der Waals surface area contributed by atoms with Crippen LogP contribution in [-0.2, 0) is 11.3 Å². The number of unbranched alkanes of at least 4 members (excludes halogenated alkanes) is 3. The number of amides is 1. The summed E-state index contributed by atoms with van der Waals surface area (Å²) in [6.45, 7) is 0.670. The lowest BCUT2D eigenvalue weighted by atomic mass is 10.1. The third-order valence-corrected chi connectivity index (χ3v) is 2.43. The maximum absolute atomic E-state index is 10.5. The summed E-state index contributed by atoms with van der Waals surface area (Å²) in [4.78, 5) is 10.5. The Hall–Kier alpha value is -1.65. The molecule has 0 spiro atoms. The highest BCUT2D eigenvalue weighted by Gasteiger charge is 2.02. The number of aryl methyl sites for hydroxylation is 1. The fourth-order valence-electron chi connectivity index (χ4n) is 1.59. The van der Waals surface area contributed by atoms with Crippen molar-refractivity contribution >= 4 is 5.91 Å². The summed E-state index contributed by atoms with van der Waals surface area (Å²) in [5.41, 5.74) is 5.02. The van der Waals surface area contributed by atoms with Gasteiger partial charge in [-0.05, 0) is 12.8 Å². The Morgan fingerprint density at radius 3 is 2.50 bits per heavy atom. The minimum atomic E-state index is -0.257. The third kappa shape index (κ3) is 4.25. The van der Waals surface area contributed by atoms with Gasteiger partial charge in [-0.25, -0.2) is 0 Å². The van der Waals surface area contributed by atoms with Gasteiger partial charge in [-0.1, -0.05) is 12.8 Å². The van der Waals surface area contributed by atoms with Gasteiger partial charge in [0.25, 0.3) is 0 Å². The minimum Gasteiger partial charge on any atom is -0.506 e. The van der Waals surface area contributed by atoms with Gasteiger partial charge >= 0.3 is 0 Å². The predicted octanol–water partition coefficient (Wildman–Crippen LogP) is 1.34. The Morgan fingerprint density at radius 1 is 1.25 bits per heavy atom. The Labute approximate surface area is 94.5 Å². The van der Waals surface area contributed by atoms with E-state index in [0.717, 1.165) is 25.7 Å². The second kappa shape index (κ2) is 6.05. The van der Waals surface area contributed by atoms with E-state index in [1.54, 1.807) is 4.57 Å². The molecule has 0 fully saturated rings. The van der Waals surface area contributed by atoms with Crippen molar-refractivity contribution in [2.45, 2.75) is 38.6 Å². The first-order valence-electron chi connectivity index (χ1n) is 5.46. The zero-order valence-corrected chi connectivity index (χ0v) is 9.22. The average molecular weight is 226 g/mol. The summed E-state index contributed by atoms with van der Waals surface area (Å²) in [5.74, 6) is -0.103. The number of primary amides is 1. The number of carbonyl (C=O) groups excluding carboxylic acids is 1. The molecule has 0 bridgehead atoms. The monoisotopic (exact) mass is 226 g/mol. The van der Waals surface area contributed by atoms with Crippen molar-refractivity contribution in [3.63, 3.8) is 0 Å². The van der Waals surface area contributed by atoms with Crippen LogP contribution >= 0.6 is 0 Å². The molecule has 5 heteroatoms. The topological polar surface area (TPSA) is 88.5 Å². The molecule has 16 heavy (non-hydrogen) atoms. The van der Waals surface area contributed by atoms with Crippen LogP contribution in [0.25, 0.3) is 0 Å². The van der Waals surface area contributed by atoms with Gasteiger partial charge in [-0.15, -0.1) is 0 Å². The van der Waals surface area contributed by atoms with E-state index in [2.05, 4.69) is 0 Å². The van der Waals surface area contributed by atoms with E-state index < -0.39 is 0 Å². The molecular formula is C11H18N2O3. The van der Waals surface area contributed by atoms with Crippen LogP contribution in [-0.4, -0.2) is 20.7 Å². The van der Waals surface area contributed by atoms with Crippen LogP contribution in [0.5, 0.6) is 11.6 Å². The second-order valence-electron chi connectivity index (χ2n) is 3.88. The fraction of sp³-hybridized carbons (Fsp3) is 0.545. The predicted molar refractivity (Wildman–Crippen MR) is 60.0 cm³/mol. The van der Waals surface area contributed by atoms with E-state index in [-0.39, 0.29) is 17.5 Å². The van der Waals surface area contributed by atoms with Gasteiger partial charge in [-0.2, -0.15) is 0 Å². The lowest BCUT2D eigenvalue weighted by Gasteiger charge is -2.03. The van der Waals surface area contributed by atoms with E-state index in [1.165, 1.54) is 12.3 Å². The Morgan fingerprint density at radius 2 is 1.94 bits per heavy atom. The van der Waals surface area contributed by atoms with Crippen molar-refractivity contribution in [2.24, 2.45) is 5.73 Å². The molecule has 1 rings (SSSR count). The number of nitrogens with zero attached hydrogens (tertiary/aromatic N) is 1. The molecule has 4 N–H and O–H groups in total. The summed E-state index contributed by atoms with van der Waals surface area (Å²) >= 11 is 0. The van der Waals surface area contributed by atoms with Gasteiger partial charge in [0, 0.05) is 25.2 Å². The van der Waals surface area contributed by atoms with Crippen LogP contribution in [0.3, 0.4) is 0 Å². The number of carbonyl (C=O) groups is 1. The smallest absolute Gasteiger partial charge is 0.217 e. The Bertz CT molecular complexity index is 347. The molecule has 0 aliphatic heterocycles. The molecule has 0 saturated carbocycles. The van der Waals surface area contributed by atoms with E-state index in [9.17, 15) is 9.90 Å². The van der Waals surface area contributed by atoms with Crippen molar-refractivity contribution in [3.8, 4) is 11.6 Å². The molecule has 0 radical (unpaired) electrons. The lowest BCUT2D eigenvalue weighted by molar-refractivity contribution is -0.118. The first-order valence-corrected chi connectivity index (χ1v) is 5.46. The number of hydrogen-bond acceptors (Lipinski definition) is 3. The molecule has 0 unspecified atom stereocenters. The third-order valence-electron chi connectivity index (χ3n) is 2.43. The highest BCUT2D eigenvalue weighted by Crippen LogP contribution is 2.20. The molecule has 0 saturated heterocycles. The molecular weight excluding hydrogens is 208 g/mol. The molecule has 0 aromatic carbocycles. The van der Waals surface area contributed by atoms with Crippen LogP contribution < -0.4 is 5.73 Å². The maximum atomic E-state index is 10.5. The van der Waals surface area contributed by atoms with Gasteiger partial charge in [0.15, 0.2) is 5.88 Å². The summed E-state index contributed by atoms with van der Waals surface area (Å²) in [6, 6.07) is 1.31. The molecule has 90 valence electrons. The largest absolute Gasteiger partial charge is 0.506 e. The fourth-order valence-corrected chi connectivity index (χ4v) is 1.59. The standard InChI is InChI=1S/C11H18N2O3/c12-10(15)5-3-1-2-4-6-13-8-9(14)7-11(13)16/h7-8,14,16H,1-6H2,(H2,12,15). The zero-order chi connectivity index (χ0) is 12.0. The van der Waals surface area contributed by atoms with Crippen LogP contribution in [0, 0.1) is 0 Å². The van der Waals surface area contributed by atoms with Gasteiger partial charge in [0.05, 0.1) is 0 Å². The van der Waals surface area contributed by atoms with Crippen molar-refractivity contribution in [3.05, 3.63) is 12.3 Å². The highest BCUT2D eigenvalue weighted by atomic mass is 16.3. The molecule has 5 nitrogen and oxygen atoms in total. The van der Waals surface area contributed by atoms with Crippen molar-refractivity contribution in [1.82, 2.24) is 4.57 Å². The first kappa shape index (κ1) is 12.4. The van der Waals surface area contributed by atoms with Crippen LogP contribution in [0.1, 0.15) is 32.1 Å². The average Bonchev–Trinajstić information content (AvgIpc) is 2.50. The zero-order valence-electron chi connectivity index (χ0n) is 9.22. The van der Waals surface area contributed by atoms with Crippen molar-refractivity contribution < 1.29 is 15.0 Å². The second-order valence-corrected chi connectivity index (χ2v) is 3.88. The van der Waals surface area contributed by atoms with Gasteiger partial charge in [0.2, 0.25) is 5.91 Å². The van der Waals surface area contributed by atoms with Gasteiger partial charge in [-0.3, -0.25) is 4.79 Å². The molecule has 1 aromatic heterocycles. The van der Waals surface area contributed by atoms with Gasteiger partial charge < -0.3 is 20.5 Å². The first-order chi connectivity index (χ1) is 7.59. The summed E-state index contributed by atoms with van der Waals surface area (Å²) in [7, 11) is 0. The highest BCUT2D eigenvalue weighted by molar-refractivity contribution is 5.73. The van der Waals surface area contributed by atoms with E-state index in [4.69, 9.17) is 10.8 Å². The Kier molecular flexibility index (Phi) is 4.69. The number of rotatable bonds is 7. The number of hydrogen-bond donors (Lipinski definition) is 3. The summed E-state index contributed by atoms with van der Waals surface area (Å²) in [5, 5.41) is 18.5. The molecule has 1 aromatic rings. The van der Waals surface area contributed by atoms with E-state index in [0.29, 0.717) is 13.0 Å². The number of nitrogens with two attached hydrogens (primary N) is 1. The number of aromatic nitrogens is 1. The van der Waals surface area contributed by atoms with Crippen LogP contribution in [0.2, 0.25) is 0 Å². The normalized spacial score (nSPS) is 10.5. The van der Waals surface area contributed by atoms with E-state index in [1.807, 2.05) is 0 Å². The maximum Gasteiger partial charge on any atom is 0.217 e. The molecule has 0 atom stereocenters. The summed E-state index contributed by atoms with van der Waals surface area (Å²) < 4.78 is 1.60. The molecule has 1 amide bonds. The van der Waals surface area contributed by atoms with Crippen molar-refractivity contribution in [2.75, 3.05) is 0 Å².